The third-order valence-corrected chi connectivity index (χ3v) is 4.47. The van der Waals surface area contributed by atoms with Crippen LogP contribution in [-0.4, -0.2) is 10.9 Å². The second-order valence-electron chi connectivity index (χ2n) is 4.48. The van der Waals surface area contributed by atoms with Crippen LogP contribution < -0.4 is 0 Å². The molecule has 19 heavy (non-hydrogen) atoms. The second kappa shape index (κ2) is 10.1. The van der Waals surface area contributed by atoms with Crippen molar-refractivity contribution in [1.29, 1.82) is 0 Å². The number of thioether (sulfide) groups is 1. The van der Waals surface area contributed by atoms with Crippen LogP contribution >= 0.6 is 23.1 Å². The smallest absolute Gasteiger partial charge is 0.185 e. The summed E-state index contributed by atoms with van der Waals surface area (Å²) < 4.78 is 0. The van der Waals surface area contributed by atoms with Gasteiger partial charge in [0.15, 0.2) is 5.12 Å². The van der Waals surface area contributed by atoms with Gasteiger partial charge in [-0.15, -0.1) is 11.3 Å². The lowest BCUT2D eigenvalue weighted by Crippen LogP contribution is -1.86. The average molecular weight is 294 g/mol. The molecule has 3 heteroatoms. The van der Waals surface area contributed by atoms with Crippen LogP contribution in [0.2, 0.25) is 0 Å². The second-order valence-corrected chi connectivity index (χ2v) is 6.67. The van der Waals surface area contributed by atoms with Crippen LogP contribution in [0, 0.1) is 11.8 Å². The van der Waals surface area contributed by atoms with Crippen LogP contribution in [-0.2, 0) is 11.2 Å². The Kier molecular flexibility index (Phi) is 8.69. The van der Waals surface area contributed by atoms with Crippen molar-refractivity contribution in [2.45, 2.75) is 52.4 Å². The maximum atomic E-state index is 10.8. The van der Waals surface area contributed by atoms with Gasteiger partial charge in [0.25, 0.3) is 0 Å². The van der Waals surface area contributed by atoms with Crippen molar-refractivity contribution in [1.82, 2.24) is 0 Å². The fraction of sp³-hybridized carbons (Fsp3) is 0.562. The summed E-state index contributed by atoms with van der Waals surface area (Å²) in [5.41, 5.74) is 1.40. The number of carbonyl (C=O) groups excluding carboxylic acids is 1. The molecule has 0 saturated heterocycles. The van der Waals surface area contributed by atoms with E-state index in [4.69, 9.17) is 0 Å². The van der Waals surface area contributed by atoms with E-state index in [2.05, 4.69) is 30.2 Å². The monoisotopic (exact) mass is 294 g/mol. The van der Waals surface area contributed by atoms with Gasteiger partial charge in [-0.3, -0.25) is 4.79 Å². The fourth-order valence-electron chi connectivity index (χ4n) is 1.77. The quantitative estimate of drug-likeness (QED) is 0.526. The lowest BCUT2D eigenvalue weighted by atomic mass is 10.1. The summed E-state index contributed by atoms with van der Waals surface area (Å²) in [5.74, 6) is 7.23. The molecule has 0 N–H and O–H groups in total. The number of unbranched alkanes of at least 4 members (excludes halogenated alkanes) is 3. The van der Waals surface area contributed by atoms with Crippen molar-refractivity contribution in [3.05, 3.63) is 21.9 Å². The first-order chi connectivity index (χ1) is 9.24. The summed E-state index contributed by atoms with van der Waals surface area (Å²) in [7, 11) is 0. The van der Waals surface area contributed by atoms with E-state index in [1.165, 1.54) is 47.9 Å². The zero-order valence-corrected chi connectivity index (χ0v) is 13.5. The molecule has 0 radical (unpaired) electrons. The van der Waals surface area contributed by atoms with E-state index >= 15 is 0 Å². The van der Waals surface area contributed by atoms with Crippen LogP contribution in [0.5, 0.6) is 0 Å². The number of hydrogen-bond acceptors (Lipinski definition) is 3. The zero-order chi connectivity index (χ0) is 13.9. The highest BCUT2D eigenvalue weighted by atomic mass is 32.2. The van der Waals surface area contributed by atoms with E-state index in [0.29, 0.717) is 0 Å². The van der Waals surface area contributed by atoms with Crippen LogP contribution in [0.25, 0.3) is 0 Å². The Morgan fingerprint density at radius 2 is 2.21 bits per heavy atom. The van der Waals surface area contributed by atoms with Gasteiger partial charge in [-0.05, 0) is 29.9 Å². The van der Waals surface area contributed by atoms with Gasteiger partial charge in [-0.2, -0.15) is 0 Å². The Labute approximate surface area is 125 Å². The Morgan fingerprint density at radius 3 is 2.95 bits per heavy atom. The average Bonchev–Trinajstić information content (AvgIpc) is 2.81. The molecule has 0 aliphatic rings. The molecular weight excluding hydrogens is 272 g/mol. The van der Waals surface area contributed by atoms with Crippen LogP contribution in [0.4, 0.5) is 0 Å². The molecule has 104 valence electrons. The van der Waals surface area contributed by atoms with Gasteiger partial charge in [-0.25, -0.2) is 0 Å². The molecule has 0 saturated carbocycles. The fourth-order valence-corrected chi connectivity index (χ4v) is 3.09. The summed E-state index contributed by atoms with van der Waals surface area (Å²) >= 11 is 3.08. The van der Waals surface area contributed by atoms with E-state index in [9.17, 15) is 4.79 Å². The Morgan fingerprint density at radius 1 is 1.37 bits per heavy atom. The molecule has 0 bridgehead atoms. The van der Waals surface area contributed by atoms with Crippen LogP contribution in [0.3, 0.4) is 0 Å². The highest BCUT2D eigenvalue weighted by molar-refractivity contribution is 8.13. The molecule has 0 amide bonds. The number of carbonyl (C=O) groups is 1. The molecular formula is C16H22OS2. The summed E-state index contributed by atoms with van der Waals surface area (Å²) in [6, 6.07) is 2.20. The molecule has 1 aromatic heterocycles. The Balaban J connectivity index is 2.35. The molecule has 0 unspecified atom stereocenters. The van der Waals surface area contributed by atoms with Gasteiger partial charge in [0.1, 0.15) is 0 Å². The predicted octanol–water partition coefficient (Wildman–Crippen LogP) is 4.89. The maximum Gasteiger partial charge on any atom is 0.185 e. The first kappa shape index (κ1) is 16.3. The van der Waals surface area contributed by atoms with Crippen molar-refractivity contribution in [3.63, 3.8) is 0 Å². The third kappa shape index (κ3) is 7.44. The lowest BCUT2D eigenvalue weighted by molar-refractivity contribution is -0.109. The maximum absolute atomic E-state index is 10.8. The molecule has 1 nitrogen and oxygen atoms in total. The largest absolute Gasteiger partial charge is 0.288 e. The first-order valence-electron chi connectivity index (χ1n) is 6.92. The van der Waals surface area contributed by atoms with Crippen molar-refractivity contribution in [2.24, 2.45) is 0 Å². The van der Waals surface area contributed by atoms with E-state index in [0.717, 1.165) is 18.6 Å². The van der Waals surface area contributed by atoms with Crippen molar-refractivity contribution >= 4 is 28.2 Å². The molecule has 0 atom stereocenters. The van der Waals surface area contributed by atoms with E-state index in [1.54, 1.807) is 18.3 Å². The number of aryl methyl sites for hydroxylation is 1. The number of thiophene rings is 1. The van der Waals surface area contributed by atoms with E-state index in [1.807, 2.05) is 0 Å². The molecule has 1 rings (SSSR count). The third-order valence-electron chi connectivity index (χ3n) is 2.78. The van der Waals surface area contributed by atoms with Crippen LogP contribution in [0.15, 0.2) is 11.4 Å². The highest BCUT2D eigenvalue weighted by Gasteiger charge is 2.01. The van der Waals surface area contributed by atoms with Crippen molar-refractivity contribution < 1.29 is 4.79 Å². The van der Waals surface area contributed by atoms with Gasteiger partial charge in [0.05, 0.1) is 4.88 Å². The molecule has 0 fully saturated rings. The Bertz CT molecular complexity index is 437. The van der Waals surface area contributed by atoms with Gasteiger partial charge in [-0.1, -0.05) is 49.8 Å². The lowest BCUT2D eigenvalue weighted by Gasteiger charge is -1.99. The Hall–Kier alpha value is -0.720. The van der Waals surface area contributed by atoms with E-state index < -0.39 is 0 Å². The molecule has 0 aromatic carbocycles. The SMILES string of the molecule is CCCCCCc1ccsc1C#CCCSC(C)=O. The summed E-state index contributed by atoms with van der Waals surface area (Å²) in [6.07, 6.45) is 7.12. The van der Waals surface area contributed by atoms with Gasteiger partial charge >= 0.3 is 0 Å². The predicted molar refractivity (Wildman–Crippen MR) is 86.8 cm³/mol. The molecule has 1 aromatic rings. The highest BCUT2D eigenvalue weighted by Crippen LogP contribution is 2.18. The van der Waals surface area contributed by atoms with E-state index in [-0.39, 0.29) is 5.12 Å². The number of rotatable bonds is 7. The standard InChI is InChI=1S/C16H22OS2/c1-3-4-5-6-9-15-11-13-19-16(15)10-7-8-12-18-14(2)17/h11,13H,3-6,8-9,12H2,1-2H3. The minimum Gasteiger partial charge on any atom is -0.288 e. The molecule has 1 heterocycles. The van der Waals surface area contributed by atoms with Gasteiger partial charge in [0, 0.05) is 19.1 Å². The molecule has 0 aliphatic carbocycles. The summed E-state index contributed by atoms with van der Waals surface area (Å²) in [6.45, 7) is 3.84. The van der Waals surface area contributed by atoms with Crippen molar-refractivity contribution in [2.75, 3.05) is 5.75 Å². The van der Waals surface area contributed by atoms with Gasteiger partial charge in [0.2, 0.25) is 0 Å². The van der Waals surface area contributed by atoms with Crippen LogP contribution in [0.1, 0.15) is 56.4 Å². The first-order valence-corrected chi connectivity index (χ1v) is 8.79. The molecule has 0 spiro atoms. The number of hydrogen-bond donors (Lipinski definition) is 0. The van der Waals surface area contributed by atoms with Crippen molar-refractivity contribution in [3.8, 4) is 11.8 Å². The topological polar surface area (TPSA) is 17.1 Å². The minimum absolute atomic E-state index is 0.175. The minimum atomic E-state index is 0.175. The molecule has 0 aliphatic heterocycles. The summed E-state index contributed by atoms with van der Waals surface area (Å²) in [5, 5.41) is 2.30. The van der Waals surface area contributed by atoms with Gasteiger partial charge < -0.3 is 0 Å². The summed E-state index contributed by atoms with van der Waals surface area (Å²) in [4.78, 5) is 12.0. The zero-order valence-electron chi connectivity index (χ0n) is 11.8. The normalized spacial score (nSPS) is 10.0.